The molecular formula is C30H20N2O2. The van der Waals surface area contributed by atoms with Gasteiger partial charge in [-0.05, 0) is 48.5 Å². The van der Waals surface area contributed by atoms with Crippen LogP contribution in [0.3, 0.4) is 0 Å². The van der Waals surface area contributed by atoms with Crippen LogP contribution in [0.25, 0.3) is 33.2 Å². The molecule has 0 atom stereocenters. The number of pyridine rings is 2. The van der Waals surface area contributed by atoms with Crippen LogP contribution in [-0.4, -0.2) is 9.97 Å². The second kappa shape index (κ2) is 8.68. The largest absolute Gasteiger partial charge is 0.457 e. The molecule has 2 heterocycles. The van der Waals surface area contributed by atoms with Crippen molar-refractivity contribution in [2.75, 3.05) is 0 Å². The van der Waals surface area contributed by atoms with E-state index in [1.165, 1.54) is 0 Å². The highest BCUT2D eigenvalue weighted by Gasteiger charge is 2.14. The molecule has 4 heteroatoms. The number of rotatable bonds is 5. The van der Waals surface area contributed by atoms with Crippen molar-refractivity contribution in [1.29, 1.82) is 0 Å². The lowest BCUT2D eigenvalue weighted by molar-refractivity contribution is 0.487. The minimum absolute atomic E-state index is 0.716. The predicted octanol–water partition coefficient (Wildman–Crippen LogP) is 8.03. The highest BCUT2D eigenvalue weighted by Crippen LogP contribution is 2.36. The van der Waals surface area contributed by atoms with E-state index in [0.717, 1.165) is 44.8 Å². The van der Waals surface area contributed by atoms with Crippen molar-refractivity contribution in [3.05, 3.63) is 121 Å². The summed E-state index contributed by atoms with van der Waals surface area (Å²) in [6, 6.07) is 39.3. The lowest BCUT2D eigenvalue weighted by atomic mass is 10.1. The van der Waals surface area contributed by atoms with Gasteiger partial charge in [0.1, 0.15) is 23.0 Å². The summed E-state index contributed by atoms with van der Waals surface area (Å²) in [5.74, 6) is 2.99. The van der Waals surface area contributed by atoms with Crippen molar-refractivity contribution >= 4 is 21.8 Å². The van der Waals surface area contributed by atoms with E-state index in [1.54, 1.807) is 0 Å². The number of aromatic nitrogens is 2. The van der Waals surface area contributed by atoms with E-state index >= 15 is 0 Å². The second-order valence-electron chi connectivity index (χ2n) is 7.88. The first-order chi connectivity index (χ1) is 16.8. The molecule has 0 N–H and O–H groups in total. The van der Waals surface area contributed by atoms with E-state index in [-0.39, 0.29) is 0 Å². The van der Waals surface area contributed by atoms with Gasteiger partial charge in [-0.3, -0.25) is 0 Å². The summed E-state index contributed by atoms with van der Waals surface area (Å²) in [5, 5.41) is 1.88. The van der Waals surface area contributed by atoms with E-state index in [2.05, 4.69) is 0 Å². The Morgan fingerprint density at radius 3 is 1.24 bits per heavy atom. The van der Waals surface area contributed by atoms with Gasteiger partial charge in [-0.1, -0.05) is 60.7 Å². The number of para-hydroxylation sites is 4. The van der Waals surface area contributed by atoms with Gasteiger partial charge in [0.05, 0.1) is 22.4 Å². The Labute approximate surface area is 197 Å². The number of fused-ring (bicyclic) bond motifs is 2. The predicted molar refractivity (Wildman–Crippen MR) is 136 cm³/mol. The second-order valence-corrected chi connectivity index (χ2v) is 7.88. The fourth-order valence-corrected chi connectivity index (χ4v) is 3.95. The zero-order chi connectivity index (χ0) is 22.7. The van der Waals surface area contributed by atoms with E-state index in [1.807, 2.05) is 121 Å². The average molecular weight is 441 g/mol. The monoisotopic (exact) mass is 440 g/mol. The van der Waals surface area contributed by atoms with Crippen LogP contribution in [0.4, 0.5) is 0 Å². The molecule has 6 aromatic rings. The first-order valence-corrected chi connectivity index (χ1v) is 11.1. The zero-order valence-corrected chi connectivity index (χ0v) is 18.3. The molecule has 0 radical (unpaired) electrons. The van der Waals surface area contributed by atoms with Gasteiger partial charge in [0.2, 0.25) is 0 Å². The molecule has 4 nitrogen and oxygen atoms in total. The molecule has 0 bridgehead atoms. The van der Waals surface area contributed by atoms with Crippen LogP contribution in [0.1, 0.15) is 0 Å². The highest BCUT2D eigenvalue weighted by molar-refractivity contribution is 5.91. The maximum atomic E-state index is 6.27. The normalized spacial score (nSPS) is 10.9. The fraction of sp³-hybridized carbons (Fsp3) is 0. The Morgan fingerprint density at radius 2 is 0.794 bits per heavy atom. The molecule has 162 valence electrons. The van der Waals surface area contributed by atoms with Gasteiger partial charge in [0, 0.05) is 22.9 Å². The van der Waals surface area contributed by atoms with Gasteiger partial charge in [-0.2, -0.15) is 0 Å². The topological polar surface area (TPSA) is 44.2 Å². The third-order valence-electron chi connectivity index (χ3n) is 5.56. The molecule has 0 saturated heterocycles. The molecular weight excluding hydrogens is 420 g/mol. The summed E-state index contributed by atoms with van der Waals surface area (Å²) in [6.45, 7) is 0. The Hall–Kier alpha value is -4.70. The van der Waals surface area contributed by atoms with Crippen LogP contribution < -0.4 is 9.47 Å². The van der Waals surface area contributed by atoms with Crippen molar-refractivity contribution < 1.29 is 9.47 Å². The van der Waals surface area contributed by atoms with E-state index in [0.29, 0.717) is 11.4 Å². The van der Waals surface area contributed by atoms with Gasteiger partial charge in [0.15, 0.2) is 0 Å². The maximum absolute atomic E-state index is 6.27. The number of hydrogen-bond donors (Lipinski definition) is 0. The van der Waals surface area contributed by atoms with E-state index < -0.39 is 0 Å². The minimum Gasteiger partial charge on any atom is -0.457 e. The number of hydrogen-bond acceptors (Lipinski definition) is 4. The van der Waals surface area contributed by atoms with Gasteiger partial charge in [-0.25, -0.2) is 9.97 Å². The summed E-state index contributed by atoms with van der Waals surface area (Å²) in [7, 11) is 0. The van der Waals surface area contributed by atoms with Crippen molar-refractivity contribution in [2.24, 2.45) is 0 Å². The van der Waals surface area contributed by atoms with Gasteiger partial charge < -0.3 is 9.47 Å². The Kier molecular flexibility index (Phi) is 5.09. The molecule has 0 saturated carbocycles. The molecule has 2 aromatic heterocycles. The Morgan fingerprint density at radius 1 is 0.412 bits per heavy atom. The van der Waals surface area contributed by atoms with Crippen molar-refractivity contribution in [3.63, 3.8) is 0 Å². The van der Waals surface area contributed by atoms with Crippen LogP contribution in [0.15, 0.2) is 121 Å². The van der Waals surface area contributed by atoms with E-state index in [9.17, 15) is 0 Å². The first-order valence-electron chi connectivity index (χ1n) is 11.1. The lowest BCUT2D eigenvalue weighted by Crippen LogP contribution is -1.95. The van der Waals surface area contributed by atoms with Crippen LogP contribution in [0.2, 0.25) is 0 Å². The number of nitrogens with zero attached hydrogens (tertiary/aromatic N) is 2. The molecule has 0 aliphatic carbocycles. The van der Waals surface area contributed by atoms with Gasteiger partial charge >= 0.3 is 0 Å². The lowest BCUT2D eigenvalue weighted by Gasteiger charge is -2.13. The van der Waals surface area contributed by atoms with E-state index in [4.69, 9.17) is 19.4 Å². The Bertz CT molecular complexity index is 1480. The van der Waals surface area contributed by atoms with Crippen LogP contribution in [-0.2, 0) is 0 Å². The maximum Gasteiger partial charge on any atom is 0.139 e. The molecule has 0 aliphatic heterocycles. The molecule has 0 unspecified atom stereocenters. The van der Waals surface area contributed by atoms with Crippen molar-refractivity contribution in [3.8, 4) is 34.4 Å². The number of ether oxygens (including phenoxy) is 2. The van der Waals surface area contributed by atoms with Crippen LogP contribution in [0, 0.1) is 0 Å². The SMILES string of the molecule is c1ccc(Oc2cc(-c3cc(Oc4ccccc4)c4ccccc4n3)nc3ccccc23)cc1. The summed E-state index contributed by atoms with van der Waals surface area (Å²) >= 11 is 0. The standard InChI is InChI=1S/C30H20N2O2/c1-3-11-21(12-4-1)33-29-19-27(31-25-17-9-7-15-23(25)29)28-20-30(34-22-13-5-2-6-14-22)24-16-8-10-18-26(24)32-28/h1-20H. The Balaban J connectivity index is 1.51. The molecule has 0 aliphatic rings. The summed E-state index contributed by atoms with van der Waals surface area (Å²) < 4.78 is 12.5. The molecule has 4 aromatic carbocycles. The summed E-state index contributed by atoms with van der Waals surface area (Å²) in [4.78, 5) is 9.81. The highest BCUT2D eigenvalue weighted by atomic mass is 16.5. The molecule has 0 fully saturated rings. The average Bonchev–Trinajstić information content (AvgIpc) is 2.90. The smallest absolute Gasteiger partial charge is 0.139 e. The first kappa shape index (κ1) is 19.9. The molecule has 0 spiro atoms. The molecule has 34 heavy (non-hydrogen) atoms. The van der Waals surface area contributed by atoms with Crippen molar-refractivity contribution in [1.82, 2.24) is 9.97 Å². The van der Waals surface area contributed by atoms with Gasteiger partial charge in [-0.15, -0.1) is 0 Å². The fourth-order valence-electron chi connectivity index (χ4n) is 3.95. The molecule has 0 amide bonds. The minimum atomic E-state index is 0.716. The van der Waals surface area contributed by atoms with Crippen LogP contribution in [0.5, 0.6) is 23.0 Å². The van der Waals surface area contributed by atoms with Gasteiger partial charge in [0.25, 0.3) is 0 Å². The third kappa shape index (κ3) is 3.93. The summed E-state index contributed by atoms with van der Waals surface area (Å²) in [6.07, 6.45) is 0. The van der Waals surface area contributed by atoms with Crippen molar-refractivity contribution in [2.45, 2.75) is 0 Å². The summed E-state index contributed by atoms with van der Waals surface area (Å²) in [5.41, 5.74) is 3.11. The zero-order valence-electron chi connectivity index (χ0n) is 18.3. The third-order valence-corrected chi connectivity index (χ3v) is 5.56. The number of benzene rings is 4. The van der Waals surface area contributed by atoms with Crippen LogP contribution >= 0.6 is 0 Å². The molecule has 6 rings (SSSR count). The quantitative estimate of drug-likeness (QED) is 0.272.